The van der Waals surface area contributed by atoms with Gasteiger partial charge in [0.1, 0.15) is 34.9 Å². The van der Waals surface area contributed by atoms with Gasteiger partial charge in [0.05, 0.1) is 6.26 Å². The molecule has 2 heterocycles. The molecule has 3 aromatic rings. The number of amides is 1. The van der Waals surface area contributed by atoms with E-state index in [0.717, 1.165) is 17.6 Å². The monoisotopic (exact) mass is 483 g/mol. The van der Waals surface area contributed by atoms with Crippen molar-refractivity contribution in [1.82, 2.24) is 10.1 Å². The van der Waals surface area contributed by atoms with E-state index in [4.69, 9.17) is 16.0 Å². The van der Waals surface area contributed by atoms with Crippen LogP contribution in [0, 0.1) is 5.82 Å². The fourth-order valence-electron chi connectivity index (χ4n) is 2.58. The molecule has 0 fully saturated rings. The minimum atomic E-state index is -3.70. The van der Waals surface area contributed by atoms with Crippen molar-refractivity contribution < 1.29 is 31.1 Å². The number of hydrogen-bond acceptors (Lipinski definition) is 11. The van der Waals surface area contributed by atoms with Crippen molar-refractivity contribution in [1.29, 1.82) is 0 Å². The Morgan fingerprint density at radius 1 is 1.31 bits per heavy atom. The third-order valence-corrected chi connectivity index (χ3v) is 5.78. The maximum atomic E-state index is 13.3. The van der Waals surface area contributed by atoms with Crippen LogP contribution < -0.4 is 16.4 Å². The zero-order valence-corrected chi connectivity index (χ0v) is 18.4. The molecule has 3 rings (SSSR count). The lowest BCUT2D eigenvalue weighted by atomic mass is 10.2. The quantitative estimate of drug-likeness (QED) is 0.336. The summed E-state index contributed by atoms with van der Waals surface area (Å²) in [6, 6.07) is 5.59. The summed E-state index contributed by atoms with van der Waals surface area (Å²) in [6.07, 6.45) is 0.874. The van der Waals surface area contributed by atoms with Gasteiger partial charge in [-0.25, -0.2) is 9.37 Å². The predicted molar refractivity (Wildman–Crippen MR) is 113 cm³/mol. The number of nitrogen functional groups attached to an aromatic ring is 1. The number of nitrogens with two attached hydrogens (primary N) is 2. The van der Waals surface area contributed by atoms with E-state index in [0.29, 0.717) is 5.69 Å². The molecule has 1 unspecified atom stereocenters. The van der Waals surface area contributed by atoms with Crippen molar-refractivity contribution in [2.24, 2.45) is 5.73 Å². The van der Waals surface area contributed by atoms with E-state index >= 15 is 0 Å². The molecule has 0 radical (unpaired) electrons. The van der Waals surface area contributed by atoms with Crippen LogP contribution in [-0.4, -0.2) is 42.5 Å². The van der Waals surface area contributed by atoms with E-state index in [1.807, 2.05) is 0 Å². The number of thiazole rings is 1. The number of ketones is 1. The number of rotatable bonds is 9. The average molecular weight is 484 g/mol. The molecule has 11 nitrogen and oxygen atoms in total. The SMILES string of the molecule is CC(C(N)=O)N(c1ccc(F)cc1)c1nc(N)c(C(=O)c2cc(COS(C)(=O)=O)no2)s1. The van der Waals surface area contributed by atoms with Gasteiger partial charge in [0.15, 0.2) is 5.13 Å². The topological polar surface area (TPSA) is 172 Å². The fourth-order valence-corrected chi connectivity index (χ4v) is 3.95. The molecule has 0 aliphatic heterocycles. The highest BCUT2D eigenvalue weighted by molar-refractivity contribution is 7.85. The molecule has 170 valence electrons. The Bertz CT molecular complexity index is 1260. The molecule has 4 N–H and O–H groups in total. The number of hydrogen-bond donors (Lipinski definition) is 2. The van der Waals surface area contributed by atoms with Crippen LogP contribution in [0.4, 0.5) is 21.0 Å². The molecule has 1 amide bonds. The van der Waals surface area contributed by atoms with E-state index in [1.165, 1.54) is 42.2 Å². The highest BCUT2D eigenvalue weighted by Crippen LogP contribution is 2.36. The van der Waals surface area contributed by atoms with Crippen LogP contribution in [0.3, 0.4) is 0 Å². The van der Waals surface area contributed by atoms with Crippen molar-refractivity contribution >= 4 is 49.8 Å². The first-order valence-corrected chi connectivity index (χ1v) is 11.5. The van der Waals surface area contributed by atoms with Crippen molar-refractivity contribution in [2.75, 3.05) is 16.9 Å². The van der Waals surface area contributed by atoms with E-state index in [-0.39, 0.29) is 27.3 Å². The summed E-state index contributed by atoms with van der Waals surface area (Å²) in [5, 5.41) is 3.77. The van der Waals surface area contributed by atoms with Crippen LogP contribution in [0.5, 0.6) is 0 Å². The summed E-state index contributed by atoms with van der Waals surface area (Å²) < 4.78 is 45.1. The second-order valence-corrected chi connectivity index (χ2v) is 9.23. The van der Waals surface area contributed by atoms with Crippen LogP contribution in [0.15, 0.2) is 34.9 Å². The number of primary amides is 1. The third kappa shape index (κ3) is 5.27. The van der Waals surface area contributed by atoms with Gasteiger partial charge in [0, 0.05) is 11.8 Å². The lowest BCUT2D eigenvalue weighted by Crippen LogP contribution is -2.39. The van der Waals surface area contributed by atoms with Gasteiger partial charge in [-0.3, -0.25) is 13.8 Å². The molecule has 1 atom stereocenters. The lowest BCUT2D eigenvalue weighted by Gasteiger charge is -2.26. The fraction of sp³-hybridized carbons (Fsp3) is 0.222. The smallest absolute Gasteiger partial charge is 0.264 e. The van der Waals surface area contributed by atoms with Crippen molar-refractivity contribution in [2.45, 2.75) is 19.6 Å². The van der Waals surface area contributed by atoms with Crippen LogP contribution >= 0.6 is 11.3 Å². The lowest BCUT2D eigenvalue weighted by molar-refractivity contribution is -0.118. The maximum absolute atomic E-state index is 13.3. The number of nitrogens with zero attached hydrogens (tertiary/aromatic N) is 3. The zero-order chi connectivity index (χ0) is 23.6. The van der Waals surface area contributed by atoms with Gasteiger partial charge in [-0.05, 0) is 31.2 Å². The molecule has 14 heteroatoms. The highest BCUT2D eigenvalue weighted by Gasteiger charge is 2.28. The summed E-state index contributed by atoms with van der Waals surface area (Å²) in [6.45, 7) is 1.11. The zero-order valence-electron chi connectivity index (χ0n) is 16.8. The minimum Gasteiger partial charge on any atom is -0.382 e. The molecule has 0 aliphatic rings. The maximum Gasteiger partial charge on any atom is 0.264 e. The molecular formula is C18H18FN5O6S2. The van der Waals surface area contributed by atoms with Gasteiger partial charge in [-0.15, -0.1) is 0 Å². The first kappa shape index (κ1) is 23.3. The summed E-state index contributed by atoms with van der Waals surface area (Å²) in [5.41, 5.74) is 11.9. The molecule has 0 saturated heterocycles. The Kier molecular flexibility index (Phi) is 6.57. The average Bonchev–Trinajstić information content (AvgIpc) is 3.34. The first-order chi connectivity index (χ1) is 15.0. The molecule has 32 heavy (non-hydrogen) atoms. The van der Waals surface area contributed by atoms with Crippen molar-refractivity contribution in [3.8, 4) is 0 Å². The molecular weight excluding hydrogens is 465 g/mol. The van der Waals surface area contributed by atoms with Crippen molar-refractivity contribution in [3.05, 3.63) is 52.5 Å². The first-order valence-electron chi connectivity index (χ1n) is 8.91. The summed E-state index contributed by atoms with van der Waals surface area (Å²) in [4.78, 5) is 30.3. The summed E-state index contributed by atoms with van der Waals surface area (Å²) in [7, 11) is -3.70. The summed E-state index contributed by atoms with van der Waals surface area (Å²) >= 11 is 0.866. The molecule has 0 spiro atoms. The Morgan fingerprint density at radius 3 is 2.56 bits per heavy atom. The minimum absolute atomic E-state index is 0.00415. The Labute approximate surface area is 185 Å². The number of aromatic nitrogens is 2. The Balaban J connectivity index is 1.92. The Morgan fingerprint density at radius 2 is 1.97 bits per heavy atom. The van der Waals surface area contributed by atoms with Crippen LogP contribution in [-0.2, 0) is 25.7 Å². The van der Waals surface area contributed by atoms with Gasteiger partial charge >= 0.3 is 0 Å². The van der Waals surface area contributed by atoms with E-state index in [1.54, 1.807) is 0 Å². The van der Waals surface area contributed by atoms with Crippen LogP contribution in [0.1, 0.15) is 28.0 Å². The molecule has 1 aromatic carbocycles. The second-order valence-electron chi connectivity index (χ2n) is 6.61. The van der Waals surface area contributed by atoms with Gasteiger partial charge in [0.2, 0.25) is 17.5 Å². The number of benzene rings is 1. The standard InChI is InChI=1S/C18H18FN5O6S2/c1-9(17(21)26)24(12-5-3-10(19)4-6-12)18-22-16(20)15(31-18)14(25)13-7-11(23-30-13)8-29-32(2,27)28/h3-7,9H,8,20H2,1-2H3,(H2,21,26). The van der Waals surface area contributed by atoms with Gasteiger partial charge in [-0.2, -0.15) is 8.42 Å². The molecule has 2 aromatic heterocycles. The second kappa shape index (κ2) is 9.02. The predicted octanol–water partition coefficient (Wildman–Crippen LogP) is 1.57. The van der Waals surface area contributed by atoms with Gasteiger partial charge < -0.3 is 20.9 Å². The van der Waals surface area contributed by atoms with E-state index in [9.17, 15) is 22.4 Å². The number of carbonyl (C=O) groups is 2. The molecule has 0 aliphatic carbocycles. The molecule has 0 bridgehead atoms. The van der Waals surface area contributed by atoms with Crippen LogP contribution in [0.25, 0.3) is 0 Å². The van der Waals surface area contributed by atoms with Crippen molar-refractivity contribution in [3.63, 3.8) is 0 Å². The third-order valence-electron chi connectivity index (χ3n) is 4.16. The number of anilines is 3. The molecule has 0 saturated carbocycles. The highest BCUT2D eigenvalue weighted by atomic mass is 32.2. The van der Waals surface area contributed by atoms with Crippen LogP contribution in [0.2, 0.25) is 0 Å². The number of halogens is 1. The van der Waals surface area contributed by atoms with E-state index < -0.39 is 40.3 Å². The largest absolute Gasteiger partial charge is 0.382 e. The van der Waals surface area contributed by atoms with Gasteiger partial charge in [0.25, 0.3) is 10.1 Å². The number of carbonyl (C=O) groups excluding carboxylic acids is 2. The Hall–Kier alpha value is -3.36. The summed E-state index contributed by atoms with van der Waals surface area (Å²) in [5.74, 6) is -2.16. The van der Waals surface area contributed by atoms with Gasteiger partial charge in [-0.1, -0.05) is 16.5 Å². The normalized spacial score (nSPS) is 12.5. The van der Waals surface area contributed by atoms with E-state index in [2.05, 4.69) is 14.3 Å².